The molecule has 112 heavy (non-hydrogen) atoms. The minimum atomic E-state index is -0.981. The Bertz CT molecular complexity index is 5670. The lowest BCUT2D eigenvalue weighted by Gasteiger charge is -2.27. The van der Waals surface area contributed by atoms with Crippen LogP contribution in [0, 0.1) is 112 Å². The standard InChI is InChI=1S/C26H19F3.C25H23F3O.C25H24F2O.C24H18F2/c1-16-3-7-18(8-4-16)21-12-11-20(15-24(21)27)23-14-13-22(25(28)26(23)29)19-9-5-17(2)6-10-19;1-15-3-12-23(29-14-15)18-8-6-17(7-9-18)20-10-11-21(25(28)24(20)27)19-5-4-16(2)22(26)13-19;1-16-3-6-18(7-4-16)21-12-13-22(25(27)24(21)26)19-8-10-20(11-9-19)23-14-5-17(2)15-28-23;1-15-3-6-17(7-4-15)21-11-12-22(24(26)23(21)25)20-10-9-18-13-16(2)5-8-19(18)14-20/h3-15H,1-2H3;4-11,13,15,23H,3,12,14H2,1-2H3;3-4,6-13,17,23H,5,14-15H2,1-2H3;3-14H,1-2H3. The number of rotatable bonds is 11. The predicted octanol–water partition coefficient (Wildman–Crippen LogP) is 29.1. The van der Waals surface area contributed by atoms with Crippen LogP contribution in [-0.4, -0.2) is 13.2 Å². The molecule has 0 aromatic heterocycles. The van der Waals surface area contributed by atoms with Crippen molar-refractivity contribution >= 4 is 10.8 Å². The highest BCUT2D eigenvalue weighted by Gasteiger charge is 2.26. The third-order valence-corrected chi connectivity index (χ3v) is 21.0. The minimum absolute atomic E-state index is 0.0349. The molecule has 12 heteroatoms. The summed E-state index contributed by atoms with van der Waals surface area (Å²) in [6.07, 6.45) is 4.37. The zero-order valence-corrected chi connectivity index (χ0v) is 63.6. The first-order valence-corrected chi connectivity index (χ1v) is 37.6. The Hall–Kier alpha value is -11.4. The fourth-order valence-electron chi connectivity index (χ4n) is 14.2. The molecule has 0 saturated carbocycles. The van der Waals surface area contributed by atoms with Gasteiger partial charge in [0.15, 0.2) is 46.5 Å². The minimum Gasteiger partial charge on any atom is -0.373 e. The Morgan fingerprint density at radius 1 is 0.223 bits per heavy atom. The van der Waals surface area contributed by atoms with Gasteiger partial charge in [0.05, 0.1) is 12.2 Å². The van der Waals surface area contributed by atoms with Gasteiger partial charge in [0.25, 0.3) is 0 Å². The molecule has 4 atom stereocenters. The number of halogens is 10. The molecule has 2 aliphatic heterocycles. The van der Waals surface area contributed by atoms with Crippen molar-refractivity contribution in [2.24, 2.45) is 11.8 Å². The van der Waals surface area contributed by atoms with Gasteiger partial charge in [-0.25, -0.2) is 43.9 Å². The number of hydrogen-bond acceptors (Lipinski definition) is 2. The van der Waals surface area contributed by atoms with Gasteiger partial charge in [-0.1, -0.05) is 290 Å². The number of aryl methyl sites for hydroxylation is 6. The monoisotopic (exact) mass is 1510 g/mol. The van der Waals surface area contributed by atoms with Gasteiger partial charge in [0.2, 0.25) is 0 Å². The average Bonchev–Trinajstić information content (AvgIpc) is 0.798. The largest absolute Gasteiger partial charge is 0.373 e. The first-order chi connectivity index (χ1) is 53.9. The molecule has 2 aliphatic rings. The van der Waals surface area contributed by atoms with Crippen LogP contribution in [0.4, 0.5) is 43.9 Å². The quantitative estimate of drug-likeness (QED) is 0.120. The third kappa shape index (κ3) is 18.0. The number of fused-ring (bicyclic) bond motifs is 1. The van der Waals surface area contributed by atoms with Crippen LogP contribution in [0.25, 0.3) is 111 Å². The van der Waals surface area contributed by atoms with E-state index in [1.165, 1.54) is 35.9 Å². The maximum absolute atomic E-state index is 14.8. The first-order valence-electron chi connectivity index (χ1n) is 37.6. The molecule has 0 amide bonds. The molecular formula is C100H84F10O2. The van der Waals surface area contributed by atoms with Gasteiger partial charge in [-0.2, -0.15) is 0 Å². The van der Waals surface area contributed by atoms with Crippen LogP contribution >= 0.6 is 0 Å². The molecule has 16 rings (SSSR count). The summed E-state index contributed by atoms with van der Waals surface area (Å²) >= 11 is 0. The first kappa shape index (κ1) is 78.7. The van der Waals surface area contributed by atoms with Gasteiger partial charge in [0.1, 0.15) is 11.6 Å². The smallest absolute Gasteiger partial charge is 0.167 e. The van der Waals surface area contributed by atoms with E-state index in [0.29, 0.717) is 67.5 Å². The van der Waals surface area contributed by atoms with Crippen LogP contribution in [0.5, 0.6) is 0 Å². The van der Waals surface area contributed by atoms with Crippen LogP contribution in [0.1, 0.15) is 96.2 Å². The molecule has 0 N–H and O–H groups in total. The van der Waals surface area contributed by atoms with Crippen molar-refractivity contribution in [1.29, 1.82) is 0 Å². The summed E-state index contributed by atoms with van der Waals surface area (Å²) in [6.45, 7) is 17.4. The summed E-state index contributed by atoms with van der Waals surface area (Å²) in [5.41, 5.74) is 15.3. The van der Waals surface area contributed by atoms with E-state index in [9.17, 15) is 43.9 Å². The molecule has 0 spiro atoms. The van der Waals surface area contributed by atoms with Crippen LogP contribution < -0.4 is 0 Å². The molecule has 4 unspecified atom stereocenters. The molecule has 14 aromatic carbocycles. The second-order valence-corrected chi connectivity index (χ2v) is 29.6. The Morgan fingerprint density at radius 3 is 0.777 bits per heavy atom. The van der Waals surface area contributed by atoms with E-state index >= 15 is 0 Å². The molecule has 2 heterocycles. The van der Waals surface area contributed by atoms with Crippen molar-refractivity contribution in [2.45, 2.75) is 93.3 Å². The molecule has 14 aromatic rings. The average molecular weight is 1510 g/mol. The highest BCUT2D eigenvalue weighted by Crippen LogP contribution is 2.41. The van der Waals surface area contributed by atoms with E-state index in [4.69, 9.17) is 9.47 Å². The maximum atomic E-state index is 14.8. The van der Waals surface area contributed by atoms with Crippen LogP contribution in [0.3, 0.4) is 0 Å². The lowest BCUT2D eigenvalue weighted by molar-refractivity contribution is -0.0124. The van der Waals surface area contributed by atoms with Crippen LogP contribution in [-0.2, 0) is 9.47 Å². The lowest BCUT2D eigenvalue weighted by Crippen LogP contribution is -2.18. The zero-order valence-electron chi connectivity index (χ0n) is 63.6. The summed E-state index contributed by atoms with van der Waals surface area (Å²) in [5.74, 6) is -6.82. The second kappa shape index (κ2) is 34.9. The third-order valence-electron chi connectivity index (χ3n) is 21.0. The van der Waals surface area contributed by atoms with E-state index in [1.807, 2.05) is 186 Å². The molecule has 2 fully saturated rings. The van der Waals surface area contributed by atoms with Crippen molar-refractivity contribution in [3.8, 4) is 100 Å². The normalized spacial score (nSPS) is 15.3. The SMILES string of the molecule is Cc1ccc(-c2ccc(-c3ccc(-c4ccc(C)cc4)c(F)c3F)cc2F)cc1.Cc1ccc(-c2ccc(-c3ccc(C4CCC(C)CO4)cc3)c(F)c2F)cc1.Cc1ccc(-c2ccc(-c3ccc(C4CCC(C)CO4)cc3)c(F)c2F)cc1F.Cc1ccc(-c2ccc(-c3ccc4cc(C)ccc4c3)c(F)c2F)cc1. The van der Waals surface area contributed by atoms with E-state index < -0.39 is 58.2 Å². The molecule has 0 radical (unpaired) electrons. The highest BCUT2D eigenvalue weighted by atomic mass is 19.2. The fraction of sp³-hybridized carbons (Fsp3) is 0.180. The van der Waals surface area contributed by atoms with Crippen molar-refractivity contribution < 1.29 is 53.4 Å². The Balaban J connectivity index is 0.000000131. The van der Waals surface area contributed by atoms with E-state index in [2.05, 4.69) is 19.9 Å². The van der Waals surface area contributed by atoms with Crippen LogP contribution in [0.2, 0.25) is 0 Å². The van der Waals surface area contributed by atoms with E-state index in [0.717, 1.165) is 88.6 Å². The van der Waals surface area contributed by atoms with Gasteiger partial charge < -0.3 is 9.47 Å². The van der Waals surface area contributed by atoms with Gasteiger partial charge >= 0.3 is 0 Å². The molecule has 566 valence electrons. The number of benzene rings is 14. The Morgan fingerprint density at radius 2 is 0.464 bits per heavy atom. The Labute approximate surface area is 648 Å². The summed E-state index contributed by atoms with van der Waals surface area (Å²) in [6, 6.07) is 77.8. The molecule has 2 saturated heterocycles. The summed E-state index contributed by atoms with van der Waals surface area (Å²) in [7, 11) is 0. The van der Waals surface area contributed by atoms with Gasteiger partial charge in [0, 0.05) is 63.3 Å². The topological polar surface area (TPSA) is 18.5 Å². The van der Waals surface area contributed by atoms with Crippen molar-refractivity contribution in [2.75, 3.05) is 13.2 Å². The predicted molar refractivity (Wildman–Crippen MR) is 434 cm³/mol. The Kier molecular flexibility index (Phi) is 24.5. The van der Waals surface area contributed by atoms with Crippen molar-refractivity contribution in [1.82, 2.24) is 0 Å². The highest BCUT2D eigenvalue weighted by molar-refractivity contribution is 5.88. The fourth-order valence-corrected chi connectivity index (χ4v) is 14.2. The maximum Gasteiger partial charge on any atom is 0.167 e. The zero-order chi connectivity index (χ0) is 79.0. The summed E-state index contributed by atoms with van der Waals surface area (Å²) < 4.78 is 159. The second-order valence-electron chi connectivity index (χ2n) is 29.6. The molecule has 0 bridgehead atoms. The number of hydrogen-bond donors (Lipinski definition) is 0. The summed E-state index contributed by atoms with van der Waals surface area (Å²) in [5, 5.41) is 2.10. The van der Waals surface area contributed by atoms with Gasteiger partial charge in [-0.3, -0.25) is 0 Å². The molecule has 0 aliphatic carbocycles. The van der Waals surface area contributed by atoms with Crippen molar-refractivity contribution in [3.63, 3.8) is 0 Å². The molecule has 2 nitrogen and oxygen atoms in total. The van der Waals surface area contributed by atoms with Crippen LogP contribution in [0.15, 0.2) is 267 Å². The number of ether oxygens (including phenoxy) is 2. The lowest BCUT2D eigenvalue weighted by atomic mass is 9.94. The van der Waals surface area contributed by atoms with E-state index in [-0.39, 0.29) is 56.7 Å². The summed E-state index contributed by atoms with van der Waals surface area (Å²) in [4.78, 5) is 0. The van der Waals surface area contributed by atoms with Gasteiger partial charge in [-0.05, 0) is 175 Å². The van der Waals surface area contributed by atoms with Gasteiger partial charge in [-0.15, -0.1) is 0 Å². The molecular weight excluding hydrogens is 1420 g/mol. The van der Waals surface area contributed by atoms with Crippen molar-refractivity contribution in [3.05, 3.63) is 370 Å². The van der Waals surface area contributed by atoms with E-state index in [1.54, 1.807) is 85.8 Å².